The van der Waals surface area contributed by atoms with Gasteiger partial charge in [0.2, 0.25) is 0 Å². The Kier molecular flexibility index (Phi) is 6.70. The quantitative estimate of drug-likeness (QED) is 0.264. The summed E-state index contributed by atoms with van der Waals surface area (Å²) in [5.41, 5.74) is 13.4. The molecule has 0 aliphatic carbocycles. The second-order valence-corrected chi connectivity index (χ2v) is 9.06. The van der Waals surface area contributed by atoms with E-state index in [1.807, 2.05) is 66.9 Å². The Morgan fingerprint density at radius 2 is 1.65 bits per heavy atom. The van der Waals surface area contributed by atoms with Crippen LogP contribution < -0.4 is 16.4 Å². The Bertz CT molecular complexity index is 1570. The number of carbonyl (C=O) groups excluding carboxylic acids is 1. The number of imidazole rings is 1. The smallest absolute Gasteiger partial charge is 0.251 e. The SMILES string of the molecule is Cc1cccc(C)c1Nc1c(-c2ccc(F)cc2)nc2cc(C(=O)NCc3cccc(CN)c3)ccn12. The van der Waals surface area contributed by atoms with Gasteiger partial charge in [-0.3, -0.25) is 9.20 Å². The maximum absolute atomic E-state index is 13.6. The number of halogens is 1. The number of amides is 1. The van der Waals surface area contributed by atoms with Gasteiger partial charge in [0, 0.05) is 36.1 Å². The molecule has 0 fully saturated rings. The summed E-state index contributed by atoms with van der Waals surface area (Å²) in [6, 6.07) is 23.7. The van der Waals surface area contributed by atoms with E-state index in [0.29, 0.717) is 30.0 Å². The van der Waals surface area contributed by atoms with Gasteiger partial charge in [-0.2, -0.15) is 0 Å². The summed E-state index contributed by atoms with van der Waals surface area (Å²) in [5.74, 6) is 0.230. The Morgan fingerprint density at radius 1 is 0.946 bits per heavy atom. The highest BCUT2D eigenvalue weighted by atomic mass is 19.1. The molecule has 2 heterocycles. The van der Waals surface area contributed by atoms with Crippen LogP contribution in [0.2, 0.25) is 0 Å². The van der Waals surface area contributed by atoms with E-state index in [4.69, 9.17) is 10.7 Å². The van der Waals surface area contributed by atoms with Gasteiger partial charge in [0.05, 0.1) is 0 Å². The van der Waals surface area contributed by atoms with Crippen molar-refractivity contribution in [2.24, 2.45) is 5.73 Å². The predicted octanol–water partition coefficient (Wildman–Crippen LogP) is 5.89. The minimum atomic E-state index is -0.312. The summed E-state index contributed by atoms with van der Waals surface area (Å²) in [7, 11) is 0. The molecule has 0 spiro atoms. The van der Waals surface area contributed by atoms with Crippen molar-refractivity contribution in [2.75, 3.05) is 5.32 Å². The summed E-state index contributed by atoms with van der Waals surface area (Å²) in [6.07, 6.45) is 1.83. The van der Waals surface area contributed by atoms with Gasteiger partial charge in [0.1, 0.15) is 23.0 Å². The molecule has 5 rings (SSSR count). The summed E-state index contributed by atoms with van der Waals surface area (Å²) in [6.45, 7) is 4.93. The monoisotopic (exact) mass is 493 g/mol. The average molecular weight is 494 g/mol. The molecule has 0 bridgehead atoms. The number of rotatable bonds is 7. The number of hydrogen-bond acceptors (Lipinski definition) is 4. The number of fused-ring (bicyclic) bond motifs is 1. The second kappa shape index (κ2) is 10.2. The third kappa shape index (κ3) is 5.08. The maximum atomic E-state index is 13.6. The van der Waals surface area contributed by atoms with Crippen LogP contribution in [0.25, 0.3) is 16.9 Å². The number of aryl methyl sites for hydroxylation is 2. The van der Waals surface area contributed by atoms with E-state index >= 15 is 0 Å². The summed E-state index contributed by atoms with van der Waals surface area (Å²) in [4.78, 5) is 17.8. The molecule has 4 N–H and O–H groups in total. The van der Waals surface area contributed by atoms with E-state index < -0.39 is 0 Å². The normalized spacial score (nSPS) is 11.0. The van der Waals surface area contributed by atoms with Gasteiger partial charge in [0.15, 0.2) is 0 Å². The number of pyridine rings is 1. The number of para-hydroxylation sites is 1. The molecule has 7 heteroatoms. The van der Waals surface area contributed by atoms with Crippen molar-refractivity contribution in [3.8, 4) is 11.3 Å². The first-order chi connectivity index (χ1) is 17.9. The standard InChI is InChI=1S/C30H28FN5O/c1-19-5-3-6-20(2)27(19)35-29-28(23-9-11-25(31)12-10-23)34-26-16-24(13-14-36(26)29)30(37)33-18-22-8-4-7-21(15-22)17-32/h3-16,35H,17-18,32H2,1-2H3,(H,33,37). The van der Waals surface area contributed by atoms with E-state index in [1.165, 1.54) is 12.1 Å². The highest BCUT2D eigenvalue weighted by Crippen LogP contribution is 2.33. The Morgan fingerprint density at radius 3 is 2.38 bits per heavy atom. The average Bonchev–Trinajstić information content (AvgIpc) is 3.27. The van der Waals surface area contributed by atoms with Gasteiger partial charge in [-0.15, -0.1) is 0 Å². The molecule has 0 radical (unpaired) electrons. The van der Waals surface area contributed by atoms with Crippen LogP contribution in [-0.4, -0.2) is 15.3 Å². The predicted molar refractivity (Wildman–Crippen MR) is 145 cm³/mol. The van der Waals surface area contributed by atoms with Crippen molar-refractivity contribution in [3.05, 3.63) is 119 Å². The molecule has 0 aliphatic rings. The fourth-order valence-corrected chi connectivity index (χ4v) is 4.40. The lowest BCUT2D eigenvalue weighted by molar-refractivity contribution is 0.0951. The molecule has 0 aliphatic heterocycles. The lowest BCUT2D eigenvalue weighted by Gasteiger charge is -2.14. The first-order valence-electron chi connectivity index (χ1n) is 12.1. The van der Waals surface area contributed by atoms with Crippen LogP contribution >= 0.6 is 0 Å². The third-order valence-electron chi connectivity index (χ3n) is 6.41. The number of carbonyl (C=O) groups is 1. The van der Waals surface area contributed by atoms with E-state index in [0.717, 1.165) is 39.3 Å². The Hall–Kier alpha value is -4.49. The van der Waals surface area contributed by atoms with Crippen molar-refractivity contribution in [3.63, 3.8) is 0 Å². The molecule has 5 aromatic rings. The molecule has 37 heavy (non-hydrogen) atoms. The molecule has 186 valence electrons. The lowest BCUT2D eigenvalue weighted by atomic mass is 10.1. The summed E-state index contributed by atoms with van der Waals surface area (Å²) >= 11 is 0. The Labute approximate surface area is 215 Å². The summed E-state index contributed by atoms with van der Waals surface area (Å²) in [5, 5.41) is 6.52. The van der Waals surface area contributed by atoms with E-state index in [9.17, 15) is 9.18 Å². The highest BCUT2D eigenvalue weighted by molar-refractivity contribution is 5.95. The number of nitrogens with one attached hydrogen (secondary N) is 2. The zero-order chi connectivity index (χ0) is 25.9. The van der Waals surface area contributed by atoms with E-state index in [1.54, 1.807) is 24.3 Å². The number of benzene rings is 3. The fraction of sp³-hybridized carbons (Fsp3) is 0.133. The summed E-state index contributed by atoms with van der Waals surface area (Å²) < 4.78 is 15.6. The highest BCUT2D eigenvalue weighted by Gasteiger charge is 2.18. The van der Waals surface area contributed by atoms with Crippen molar-refractivity contribution in [1.82, 2.24) is 14.7 Å². The molecule has 6 nitrogen and oxygen atoms in total. The first-order valence-corrected chi connectivity index (χ1v) is 12.1. The third-order valence-corrected chi connectivity index (χ3v) is 6.41. The van der Waals surface area contributed by atoms with Gasteiger partial charge in [-0.25, -0.2) is 9.37 Å². The molecule has 1 amide bonds. The molecule has 0 atom stereocenters. The minimum absolute atomic E-state index is 0.198. The Balaban J connectivity index is 1.50. The van der Waals surface area contributed by atoms with Crippen LogP contribution in [0.5, 0.6) is 0 Å². The number of nitrogens with two attached hydrogens (primary N) is 1. The van der Waals surface area contributed by atoms with Crippen LogP contribution in [0.1, 0.15) is 32.6 Å². The van der Waals surface area contributed by atoms with Crippen molar-refractivity contribution < 1.29 is 9.18 Å². The zero-order valence-electron chi connectivity index (χ0n) is 20.8. The van der Waals surface area contributed by atoms with Crippen LogP contribution in [0.3, 0.4) is 0 Å². The zero-order valence-corrected chi connectivity index (χ0v) is 20.8. The number of anilines is 2. The molecule has 2 aromatic heterocycles. The van der Waals surface area contributed by atoms with Gasteiger partial charge < -0.3 is 16.4 Å². The van der Waals surface area contributed by atoms with Gasteiger partial charge >= 0.3 is 0 Å². The molecule has 0 unspecified atom stereocenters. The van der Waals surface area contributed by atoms with Gasteiger partial charge in [-0.1, -0.05) is 42.5 Å². The van der Waals surface area contributed by atoms with Crippen LogP contribution in [0, 0.1) is 19.7 Å². The number of nitrogens with zero attached hydrogens (tertiary/aromatic N) is 2. The molecule has 3 aromatic carbocycles. The van der Waals surface area contributed by atoms with Crippen LogP contribution in [-0.2, 0) is 13.1 Å². The van der Waals surface area contributed by atoms with Crippen molar-refractivity contribution in [1.29, 1.82) is 0 Å². The molecular weight excluding hydrogens is 465 g/mol. The van der Waals surface area contributed by atoms with E-state index in [-0.39, 0.29) is 11.7 Å². The van der Waals surface area contributed by atoms with E-state index in [2.05, 4.69) is 10.6 Å². The molecular formula is C30H28FN5O. The lowest BCUT2D eigenvalue weighted by Crippen LogP contribution is -2.23. The first kappa shape index (κ1) is 24.2. The molecule has 0 saturated carbocycles. The van der Waals surface area contributed by atoms with Crippen LogP contribution in [0.15, 0.2) is 85.1 Å². The fourth-order valence-electron chi connectivity index (χ4n) is 4.40. The largest absolute Gasteiger partial charge is 0.348 e. The minimum Gasteiger partial charge on any atom is -0.348 e. The molecule has 0 saturated heterocycles. The number of hydrogen-bond donors (Lipinski definition) is 3. The van der Waals surface area contributed by atoms with Crippen molar-refractivity contribution in [2.45, 2.75) is 26.9 Å². The maximum Gasteiger partial charge on any atom is 0.251 e. The second-order valence-electron chi connectivity index (χ2n) is 9.06. The van der Waals surface area contributed by atoms with Gasteiger partial charge in [-0.05, 0) is 72.5 Å². The van der Waals surface area contributed by atoms with Gasteiger partial charge in [0.25, 0.3) is 5.91 Å². The van der Waals surface area contributed by atoms with Crippen molar-refractivity contribution >= 4 is 23.1 Å². The van der Waals surface area contributed by atoms with Crippen LogP contribution in [0.4, 0.5) is 15.9 Å². The number of aromatic nitrogens is 2. The topological polar surface area (TPSA) is 84.5 Å².